The fourth-order valence-electron chi connectivity index (χ4n) is 4.12. The zero-order chi connectivity index (χ0) is 28.7. The van der Waals surface area contributed by atoms with E-state index in [0.29, 0.717) is 10.8 Å². The number of phosphoric acid groups is 1. The van der Waals surface area contributed by atoms with Gasteiger partial charge in [0, 0.05) is 12.6 Å². The summed E-state index contributed by atoms with van der Waals surface area (Å²) < 4.78 is 48.7. The molecule has 0 aliphatic carbocycles. The first-order valence-corrected chi connectivity index (χ1v) is 12.6. The molecule has 0 spiro atoms. The number of H-pyrrole nitrogens is 1. The molecule has 19 heteroatoms. The fourth-order valence-corrected chi connectivity index (χ4v) is 5.07. The molecule has 7 N–H and O–H groups in total. The average Bonchev–Trinajstić information content (AvgIpc) is 3.38. The Kier molecular flexibility index (Phi) is 7.91. The molecule has 212 valence electrons. The van der Waals surface area contributed by atoms with Crippen LogP contribution in [-0.2, 0) is 23.1 Å². The molecule has 2 aromatic heterocycles. The highest BCUT2D eigenvalue weighted by Crippen LogP contribution is 2.49. The van der Waals surface area contributed by atoms with Crippen LogP contribution in [0.15, 0.2) is 32.8 Å². The summed E-state index contributed by atoms with van der Waals surface area (Å²) in [6, 6.07) is 1.22. The third kappa shape index (κ3) is 5.58. The van der Waals surface area contributed by atoms with Gasteiger partial charge >= 0.3 is 19.2 Å². The van der Waals surface area contributed by atoms with Crippen molar-refractivity contribution >= 4 is 13.6 Å². The number of aromatic amines is 1. The average molecular weight is 575 g/mol. The molecule has 2 aliphatic rings. The molecule has 4 heterocycles. The molecule has 4 rings (SSSR count). The van der Waals surface area contributed by atoms with Gasteiger partial charge in [-0.2, -0.15) is 9.37 Å². The highest BCUT2D eigenvalue weighted by Gasteiger charge is 2.56. The van der Waals surface area contributed by atoms with Crippen molar-refractivity contribution < 1.29 is 47.7 Å². The summed E-state index contributed by atoms with van der Waals surface area (Å²) in [4.78, 5) is 50.9. The van der Waals surface area contributed by atoms with E-state index in [0.717, 1.165) is 10.8 Å². The Bertz CT molecular complexity index is 1510. The molecular formula is C20H23FN5O12P. The maximum absolute atomic E-state index is 13.7. The van der Waals surface area contributed by atoms with Gasteiger partial charge in [0.2, 0.25) is 5.82 Å². The van der Waals surface area contributed by atoms with Gasteiger partial charge < -0.3 is 35.4 Å². The molecule has 17 nitrogen and oxygen atoms in total. The zero-order valence-electron chi connectivity index (χ0n) is 19.7. The molecule has 8 atom stereocenters. The number of ether oxygens (including phenoxy) is 2. The normalized spacial score (nSPS) is 32.1. The van der Waals surface area contributed by atoms with Gasteiger partial charge in [-0.05, 0) is 6.07 Å². The van der Waals surface area contributed by atoms with Crippen LogP contribution in [0, 0.1) is 18.2 Å². The van der Waals surface area contributed by atoms with E-state index in [2.05, 4.69) is 4.98 Å². The Hall–Kier alpha value is -3.24. The van der Waals surface area contributed by atoms with Crippen LogP contribution in [0.1, 0.15) is 18.9 Å². The number of halogens is 1. The van der Waals surface area contributed by atoms with Gasteiger partial charge in [0.15, 0.2) is 11.8 Å². The smallest absolute Gasteiger partial charge is 0.394 e. The van der Waals surface area contributed by atoms with Crippen molar-refractivity contribution in [2.45, 2.75) is 48.9 Å². The Labute approximate surface area is 216 Å². The molecule has 0 bridgehead atoms. The predicted octanol–water partition coefficient (Wildman–Crippen LogP) is -3.08. The number of nitrogens with two attached hydrogens (primary N) is 1. The number of aliphatic hydroxyl groups excluding tert-OH is 2. The van der Waals surface area contributed by atoms with Gasteiger partial charge in [-0.1, -0.05) is 5.92 Å². The Morgan fingerprint density at radius 3 is 2.72 bits per heavy atom. The van der Waals surface area contributed by atoms with Crippen LogP contribution in [0.25, 0.3) is 0 Å². The standard InChI is InChI=1S/C20H23FN5O12P/c1-2-20(32)12(37-17(15(20)28)25-4-3-13(22)23-18(25)30)8-35-39(33,34)38-10-5-14(36-11(10)7-27)26-6-9(21)16(29)24-19(26)31/h1,3-4,6,10-12,14-15,17,27-28,32H,5,7-8H2,(H,33,34)(H2,22,23,30)(H,24,29,31)/t10-,11+,12+,14+,15-,17+,20+/m0/s1. The molecule has 2 aliphatic heterocycles. The lowest BCUT2D eigenvalue weighted by Crippen LogP contribution is -2.48. The minimum Gasteiger partial charge on any atom is -0.394 e. The first kappa shape index (κ1) is 28.8. The molecular weight excluding hydrogens is 552 g/mol. The van der Waals surface area contributed by atoms with E-state index in [4.69, 9.17) is 30.7 Å². The summed E-state index contributed by atoms with van der Waals surface area (Å²) in [7, 11) is -5.04. The number of hydrogen-bond donors (Lipinski definition) is 6. The minimum atomic E-state index is -5.04. The van der Waals surface area contributed by atoms with Gasteiger partial charge in [0.1, 0.15) is 36.5 Å². The van der Waals surface area contributed by atoms with Crippen molar-refractivity contribution in [2.75, 3.05) is 18.9 Å². The number of nitrogens with zero attached hydrogens (tertiary/aromatic N) is 3. The zero-order valence-corrected chi connectivity index (χ0v) is 20.6. The van der Waals surface area contributed by atoms with E-state index in [1.54, 1.807) is 4.98 Å². The first-order chi connectivity index (χ1) is 18.3. The Morgan fingerprint density at radius 2 is 2.08 bits per heavy atom. The highest BCUT2D eigenvalue weighted by molar-refractivity contribution is 7.47. The number of rotatable bonds is 8. The lowest BCUT2D eigenvalue weighted by molar-refractivity contribution is -0.0681. The second-order valence-electron chi connectivity index (χ2n) is 8.57. The van der Waals surface area contributed by atoms with Crippen molar-refractivity contribution in [3.05, 3.63) is 55.6 Å². The molecule has 2 fully saturated rings. The molecule has 0 aromatic carbocycles. The van der Waals surface area contributed by atoms with Crippen molar-refractivity contribution in [2.24, 2.45) is 0 Å². The summed E-state index contributed by atoms with van der Waals surface area (Å²) in [6.45, 7) is -1.67. The number of nitrogens with one attached hydrogen (secondary N) is 1. The highest BCUT2D eigenvalue weighted by atomic mass is 31.2. The van der Waals surface area contributed by atoms with Crippen LogP contribution in [0.3, 0.4) is 0 Å². The summed E-state index contributed by atoms with van der Waals surface area (Å²) in [5.74, 6) is 0.503. The summed E-state index contributed by atoms with van der Waals surface area (Å²) in [5.41, 5.74) is -0.297. The van der Waals surface area contributed by atoms with Crippen molar-refractivity contribution in [1.82, 2.24) is 19.1 Å². The molecule has 1 unspecified atom stereocenters. The molecule has 0 amide bonds. The van der Waals surface area contributed by atoms with Gasteiger partial charge in [-0.15, -0.1) is 6.42 Å². The summed E-state index contributed by atoms with van der Waals surface area (Å²) in [5, 5.41) is 31.0. The summed E-state index contributed by atoms with van der Waals surface area (Å²) >= 11 is 0. The van der Waals surface area contributed by atoms with Crippen LogP contribution in [0.4, 0.5) is 10.2 Å². The monoisotopic (exact) mass is 575 g/mol. The van der Waals surface area contributed by atoms with Crippen LogP contribution >= 0.6 is 7.82 Å². The quantitative estimate of drug-likeness (QED) is 0.135. The Balaban J connectivity index is 1.46. The number of hydrogen-bond acceptors (Lipinski definition) is 13. The minimum absolute atomic E-state index is 0.121. The number of phosphoric ester groups is 1. The van der Waals surface area contributed by atoms with Crippen LogP contribution in [0.5, 0.6) is 0 Å². The van der Waals surface area contributed by atoms with Gasteiger partial charge in [-0.3, -0.25) is 28.0 Å². The summed E-state index contributed by atoms with van der Waals surface area (Å²) in [6.07, 6.45) is -2.36. The van der Waals surface area contributed by atoms with Crippen molar-refractivity contribution in [3.63, 3.8) is 0 Å². The van der Waals surface area contributed by atoms with E-state index in [-0.39, 0.29) is 12.2 Å². The second kappa shape index (κ2) is 10.7. The molecule has 0 radical (unpaired) electrons. The molecule has 0 saturated carbocycles. The number of nitrogen functional groups attached to an aromatic ring is 1. The Morgan fingerprint density at radius 1 is 1.36 bits per heavy atom. The number of anilines is 1. The van der Waals surface area contributed by atoms with Crippen LogP contribution in [-0.4, -0.2) is 82.5 Å². The fraction of sp³-hybridized carbons (Fsp3) is 0.500. The van der Waals surface area contributed by atoms with Gasteiger partial charge in [0.05, 0.1) is 19.4 Å². The molecule has 2 aromatic rings. The topological polar surface area (TPSA) is 251 Å². The predicted molar refractivity (Wildman–Crippen MR) is 124 cm³/mol. The van der Waals surface area contributed by atoms with Crippen LogP contribution in [0.2, 0.25) is 0 Å². The van der Waals surface area contributed by atoms with E-state index in [9.17, 15) is 43.6 Å². The van der Waals surface area contributed by atoms with Crippen molar-refractivity contribution in [3.8, 4) is 12.3 Å². The largest absolute Gasteiger partial charge is 0.472 e. The lowest BCUT2D eigenvalue weighted by atomic mass is 9.93. The van der Waals surface area contributed by atoms with Crippen LogP contribution < -0.4 is 22.7 Å². The molecule has 2 saturated heterocycles. The SMILES string of the molecule is C#C[C@@]1(O)[C@@H](COP(=O)(O)O[C@H]2C[C@H](n3cc(F)c(=O)[nH]c3=O)O[C@@H]2CO)O[C@@H](n2ccc(N)nc2=O)[C@@H]1O. The second-order valence-corrected chi connectivity index (χ2v) is 9.98. The maximum Gasteiger partial charge on any atom is 0.472 e. The lowest BCUT2D eigenvalue weighted by Gasteiger charge is -2.26. The number of terminal acetylenes is 1. The van der Waals surface area contributed by atoms with E-state index >= 15 is 0 Å². The number of aromatic nitrogens is 4. The van der Waals surface area contributed by atoms with Crippen molar-refractivity contribution in [1.29, 1.82) is 0 Å². The number of aliphatic hydroxyl groups is 3. The van der Waals surface area contributed by atoms with E-state index in [1.807, 2.05) is 5.92 Å². The third-order valence-corrected chi connectivity index (χ3v) is 7.14. The maximum atomic E-state index is 13.7. The first-order valence-electron chi connectivity index (χ1n) is 11.1. The van der Waals surface area contributed by atoms with E-state index in [1.165, 1.54) is 6.07 Å². The third-order valence-electron chi connectivity index (χ3n) is 6.13. The van der Waals surface area contributed by atoms with E-state index < -0.39 is 86.3 Å². The molecule has 39 heavy (non-hydrogen) atoms. The van der Waals surface area contributed by atoms with Gasteiger partial charge in [-0.25, -0.2) is 14.2 Å². The van der Waals surface area contributed by atoms with Gasteiger partial charge in [0.25, 0.3) is 5.56 Å².